The third kappa shape index (κ3) is 4.46. The van der Waals surface area contributed by atoms with Crippen molar-refractivity contribution in [3.63, 3.8) is 0 Å². The smallest absolute Gasteiger partial charge is 0.00924 e. The Labute approximate surface area is 126 Å². The molecule has 0 saturated heterocycles. The van der Waals surface area contributed by atoms with Gasteiger partial charge in [0.05, 0.1) is 0 Å². The van der Waals surface area contributed by atoms with E-state index in [1.54, 1.807) is 0 Å². The first-order valence-electron chi connectivity index (χ1n) is 9.06. The molecule has 0 amide bonds. The molecule has 1 N–H and O–H groups in total. The van der Waals surface area contributed by atoms with Gasteiger partial charge in [-0.15, -0.1) is 0 Å². The van der Waals surface area contributed by atoms with E-state index in [4.69, 9.17) is 0 Å². The predicted octanol–water partition coefficient (Wildman–Crippen LogP) is 4.06. The molecule has 0 aromatic carbocycles. The number of hydrogen-bond acceptors (Lipinski definition) is 2. The second-order valence-electron chi connectivity index (χ2n) is 7.67. The minimum Gasteiger partial charge on any atom is -0.316 e. The van der Waals surface area contributed by atoms with Gasteiger partial charge in [-0.05, 0) is 50.6 Å². The molecule has 0 atom stereocenters. The lowest BCUT2D eigenvalue weighted by molar-refractivity contribution is 0.0683. The Morgan fingerprint density at radius 1 is 1.05 bits per heavy atom. The highest BCUT2D eigenvalue weighted by atomic mass is 15.1. The van der Waals surface area contributed by atoms with Gasteiger partial charge in [0.1, 0.15) is 0 Å². The average Bonchev–Trinajstić information content (AvgIpc) is 2.49. The number of nitrogens with zero attached hydrogens (tertiary/aromatic N) is 1. The van der Waals surface area contributed by atoms with Crippen LogP contribution in [0, 0.1) is 11.3 Å². The Balaban J connectivity index is 1.92. The lowest BCUT2D eigenvalue weighted by Gasteiger charge is -2.44. The quantitative estimate of drug-likeness (QED) is 0.789. The summed E-state index contributed by atoms with van der Waals surface area (Å²) in [6, 6.07) is 0.863. The Morgan fingerprint density at radius 3 is 2.30 bits per heavy atom. The normalized spacial score (nSPS) is 32.7. The Kier molecular flexibility index (Phi) is 6.35. The lowest BCUT2D eigenvalue weighted by atomic mass is 9.70. The van der Waals surface area contributed by atoms with E-state index in [0.29, 0.717) is 5.41 Å². The van der Waals surface area contributed by atoms with Crippen LogP contribution in [0.4, 0.5) is 0 Å². The molecule has 0 bridgehead atoms. The van der Waals surface area contributed by atoms with E-state index in [-0.39, 0.29) is 0 Å². The molecular formula is C18H36N2. The molecule has 0 aliphatic heterocycles. The van der Waals surface area contributed by atoms with E-state index in [0.717, 1.165) is 18.5 Å². The van der Waals surface area contributed by atoms with Crippen LogP contribution in [0.25, 0.3) is 0 Å². The molecule has 118 valence electrons. The van der Waals surface area contributed by atoms with Gasteiger partial charge in [-0.1, -0.05) is 46.0 Å². The first-order chi connectivity index (χ1) is 9.65. The van der Waals surface area contributed by atoms with Crippen LogP contribution in [-0.2, 0) is 0 Å². The van der Waals surface area contributed by atoms with Crippen molar-refractivity contribution >= 4 is 0 Å². The SMILES string of the molecule is CCNCC1(CN(C)C2CCCCC2)CCC(C)CC1. The van der Waals surface area contributed by atoms with Crippen molar-refractivity contribution in [2.45, 2.75) is 77.7 Å². The summed E-state index contributed by atoms with van der Waals surface area (Å²) in [6.45, 7) is 8.33. The maximum absolute atomic E-state index is 3.66. The Hall–Kier alpha value is -0.0800. The number of rotatable bonds is 6. The molecule has 0 spiro atoms. The van der Waals surface area contributed by atoms with Crippen LogP contribution >= 0.6 is 0 Å². The molecule has 0 aromatic heterocycles. The minimum absolute atomic E-state index is 0.550. The molecular weight excluding hydrogens is 244 g/mol. The van der Waals surface area contributed by atoms with Crippen molar-refractivity contribution in [3.8, 4) is 0 Å². The molecule has 0 unspecified atom stereocenters. The molecule has 2 heteroatoms. The van der Waals surface area contributed by atoms with Crippen LogP contribution in [-0.4, -0.2) is 37.6 Å². The summed E-state index contributed by atoms with van der Waals surface area (Å²) in [6.07, 6.45) is 13.0. The monoisotopic (exact) mass is 280 g/mol. The van der Waals surface area contributed by atoms with Gasteiger partial charge in [0, 0.05) is 19.1 Å². The topological polar surface area (TPSA) is 15.3 Å². The van der Waals surface area contributed by atoms with Crippen molar-refractivity contribution in [1.29, 1.82) is 0 Å². The summed E-state index contributed by atoms with van der Waals surface area (Å²) < 4.78 is 0. The van der Waals surface area contributed by atoms with Gasteiger partial charge in [0.25, 0.3) is 0 Å². The van der Waals surface area contributed by atoms with Crippen molar-refractivity contribution in [3.05, 3.63) is 0 Å². The maximum Gasteiger partial charge on any atom is 0.00924 e. The molecule has 0 heterocycles. The fraction of sp³-hybridized carbons (Fsp3) is 1.00. The van der Waals surface area contributed by atoms with Gasteiger partial charge >= 0.3 is 0 Å². The van der Waals surface area contributed by atoms with E-state index in [9.17, 15) is 0 Å². The zero-order chi connectivity index (χ0) is 14.4. The lowest BCUT2D eigenvalue weighted by Crippen LogP contribution is -2.48. The molecule has 2 saturated carbocycles. The van der Waals surface area contributed by atoms with Crippen LogP contribution in [0.3, 0.4) is 0 Å². The highest BCUT2D eigenvalue weighted by molar-refractivity contribution is 4.90. The number of hydrogen-bond donors (Lipinski definition) is 1. The van der Waals surface area contributed by atoms with Crippen LogP contribution in [0.2, 0.25) is 0 Å². The van der Waals surface area contributed by atoms with E-state index in [1.807, 2.05) is 0 Å². The maximum atomic E-state index is 3.66. The first kappa shape index (κ1) is 16.3. The largest absolute Gasteiger partial charge is 0.316 e. The Morgan fingerprint density at radius 2 is 1.70 bits per heavy atom. The van der Waals surface area contributed by atoms with Gasteiger partial charge in [-0.3, -0.25) is 0 Å². The minimum atomic E-state index is 0.550. The summed E-state index contributed by atoms with van der Waals surface area (Å²) in [4.78, 5) is 2.71. The second kappa shape index (κ2) is 7.79. The molecule has 2 aliphatic rings. The fourth-order valence-electron chi connectivity index (χ4n) is 4.34. The summed E-state index contributed by atoms with van der Waals surface area (Å²) >= 11 is 0. The van der Waals surface area contributed by atoms with Gasteiger partial charge < -0.3 is 10.2 Å². The molecule has 2 nitrogen and oxygen atoms in total. The van der Waals surface area contributed by atoms with Crippen molar-refractivity contribution < 1.29 is 0 Å². The molecule has 20 heavy (non-hydrogen) atoms. The van der Waals surface area contributed by atoms with Gasteiger partial charge in [-0.2, -0.15) is 0 Å². The zero-order valence-corrected chi connectivity index (χ0v) is 14.1. The van der Waals surface area contributed by atoms with E-state index >= 15 is 0 Å². The zero-order valence-electron chi connectivity index (χ0n) is 14.1. The highest BCUT2D eigenvalue weighted by Crippen LogP contribution is 2.40. The number of nitrogens with one attached hydrogen (secondary N) is 1. The fourth-order valence-corrected chi connectivity index (χ4v) is 4.34. The summed E-state index contributed by atoms with van der Waals surface area (Å²) in [5.74, 6) is 0.949. The van der Waals surface area contributed by atoms with Gasteiger partial charge in [0.2, 0.25) is 0 Å². The van der Waals surface area contributed by atoms with Crippen LogP contribution in [0.1, 0.15) is 71.6 Å². The second-order valence-corrected chi connectivity index (χ2v) is 7.67. The van der Waals surface area contributed by atoms with Crippen molar-refractivity contribution in [2.75, 3.05) is 26.7 Å². The first-order valence-corrected chi connectivity index (χ1v) is 9.06. The third-order valence-electron chi connectivity index (χ3n) is 5.87. The third-order valence-corrected chi connectivity index (χ3v) is 5.87. The molecule has 2 fully saturated rings. The van der Waals surface area contributed by atoms with Crippen LogP contribution in [0.15, 0.2) is 0 Å². The molecule has 2 aliphatic carbocycles. The average molecular weight is 280 g/mol. The summed E-state index contributed by atoms with van der Waals surface area (Å²) in [5, 5.41) is 3.66. The van der Waals surface area contributed by atoms with E-state index in [2.05, 4.69) is 31.1 Å². The molecule has 0 radical (unpaired) electrons. The van der Waals surface area contributed by atoms with Crippen molar-refractivity contribution in [2.24, 2.45) is 11.3 Å². The van der Waals surface area contributed by atoms with Crippen LogP contribution < -0.4 is 5.32 Å². The predicted molar refractivity (Wildman–Crippen MR) is 88.1 cm³/mol. The van der Waals surface area contributed by atoms with Crippen molar-refractivity contribution in [1.82, 2.24) is 10.2 Å². The highest BCUT2D eigenvalue weighted by Gasteiger charge is 2.36. The summed E-state index contributed by atoms with van der Waals surface area (Å²) in [7, 11) is 2.39. The standard InChI is InChI=1S/C18H36N2/c1-4-19-14-18(12-10-16(2)11-13-18)15-20(3)17-8-6-5-7-9-17/h16-17,19H,4-15H2,1-3H3. The van der Waals surface area contributed by atoms with E-state index < -0.39 is 0 Å². The summed E-state index contributed by atoms with van der Waals surface area (Å²) in [5.41, 5.74) is 0.550. The molecule has 2 rings (SSSR count). The molecule has 0 aromatic rings. The van der Waals surface area contributed by atoms with Gasteiger partial charge in [0.15, 0.2) is 0 Å². The Bertz CT molecular complexity index is 257. The van der Waals surface area contributed by atoms with Gasteiger partial charge in [-0.25, -0.2) is 0 Å². The van der Waals surface area contributed by atoms with E-state index in [1.165, 1.54) is 70.9 Å². The van der Waals surface area contributed by atoms with Crippen LogP contribution in [0.5, 0.6) is 0 Å².